The number of carbonyl (C=O) groups is 3. The van der Waals surface area contributed by atoms with Crippen molar-refractivity contribution in [2.45, 2.75) is 348 Å². The second-order valence-corrected chi connectivity index (χ2v) is 21.7. The van der Waals surface area contributed by atoms with Gasteiger partial charge in [0.2, 0.25) is 0 Å². The Hall–Kier alpha value is -2.63. The van der Waals surface area contributed by atoms with Gasteiger partial charge in [-0.3, -0.25) is 14.4 Å². The van der Waals surface area contributed by atoms with Crippen molar-refractivity contribution in [2.24, 2.45) is 0 Å². The van der Waals surface area contributed by atoms with Crippen molar-refractivity contribution in [2.75, 3.05) is 13.2 Å². The van der Waals surface area contributed by atoms with Crippen LogP contribution in [0.3, 0.4) is 0 Å². The quantitative estimate of drug-likeness (QED) is 0.0261. The minimum absolute atomic E-state index is 0.0750. The molecule has 6 nitrogen and oxygen atoms in total. The fourth-order valence-corrected chi connectivity index (χ4v) is 9.45. The third-order valence-corrected chi connectivity index (χ3v) is 14.3. The molecular weight excluding hydrogens is 901 g/mol. The van der Waals surface area contributed by atoms with Crippen molar-refractivity contribution in [1.29, 1.82) is 0 Å². The number of esters is 3. The fraction of sp³-hybridized carbons (Fsp3) is 0.836. The highest BCUT2D eigenvalue weighted by molar-refractivity contribution is 5.71. The number of carbonyl (C=O) groups excluding carboxylic acids is 3. The zero-order chi connectivity index (χ0) is 52.9. The van der Waals surface area contributed by atoms with Crippen molar-refractivity contribution in [3.05, 3.63) is 48.6 Å². The number of rotatable bonds is 59. The molecule has 0 aromatic heterocycles. The smallest absolute Gasteiger partial charge is 0.306 e. The average Bonchev–Trinajstić information content (AvgIpc) is 3.39. The van der Waals surface area contributed by atoms with Crippen molar-refractivity contribution in [1.82, 2.24) is 0 Å². The van der Waals surface area contributed by atoms with Crippen LogP contribution in [-0.4, -0.2) is 37.2 Å². The van der Waals surface area contributed by atoms with Crippen LogP contribution in [0.25, 0.3) is 0 Å². The molecule has 0 aliphatic carbocycles. The van der Waals surface area contributed by atoms with Gasteiger partial charge < -0.3 is 14.2 Å². The summed E-state index contributed by atoms with van der Waals surface area (Å²) >= 11 is 0. The molecule has 0 aromatic carbocycles. The molecule has 426 valence electrons. The van der Waals surface area contributed by atoms with Crippen LogP contribution < -0.4 is 0 Å². The van der Waals surface area contributed by atoms with E-state index in [9.17, 15) is 14.4 Å². The molecule has 0 radical (unpaired) electrons. The van der Waals surface area contributed by atoms with E-state index in [0.717, 1.165) is 89.9 Å². The number of unbranched alkanes of at least 4 members (excludes halogenated alkanes) is 40. The van der Waals surface area contributed by atoms with Gasteiger partial charge in [0, 0.05) is 19.3 Å². The van der Waals surface area contributed by atoms with Gasteiger partial charge in [-0.1, -0.05) is 288 Å². The first kappa shape index (κ1) is 70.4. The summed E-state index contributed by atoms with van der Waals surface area (Å²) in [6.45, 7) is 6.58. The fourth-order valence-electron chi connectivity index (χ4n) is 9.45. The van der Waals surface area contributed by atoms with E-state index in [1.165, 1.54) is 212 Å². The van der Waals surface area contributed by atoms with Gasteiger partial charge in [0.05, 0.1) is 0 Å². The Morgan fingerprint density at radius 1 is 0.274 bits per heavy atom. The second-order valence-electron chi connectivity index (χ2n) is 21.7. The van der Waals surface area contributed by atoms with Gasteiger partial charge in [-0.05, 0) is 83.5 Å². The first-order valence-electron chi connectivity index (χ1n) is 32.1. The van der Waals surface area contributed by atoms with E-state index in [0.29, 0.717) is 19.3 Å². The minimum Gasteiger partial charge on any atom is -0.462 e. The Morgan fingerprint density at radius 2 is 0.493 bits per heavy atom. The van der Waals surface area contributed by atoms with E-state index in [-0.39, 0.29) is 31.1 Å². The Morgan fingerprint density at radius 3 is 0.767 bits per heavy atom. The van der Waals surface area contributed by atoms with Crippen molar-refractivity contribution in [3.63, 3.8) is 0 Å². The average molecular weight is 1020 g/mol. The summed E-state index contributed by atoms with van der Waals surface area (Å²) in [5.41, 5.74) is 0. The molecule has 0 amide bonds. The van der Waals surface area contributed by atoms with Crippen LogP contribution in [0.1, 0.15) is 342 Å². The number of hydrogen-bond acceptors (Lipinski definition) is 6. The highest BCUT2D eigenvalue weighted by Crippen LogP contribution is 2.17. The maximum atomic E-state index is 12.8. The van der Waals surface area contributed by atoms with E-state index in [4.69, 9.17) is 14.2 Å². The first-order chi connectivity index (χ1) is 36.0. The molecule has 73 heavy (non-hydrogen) atoms. The summed E-state index contributed by atoms with van der Waals surface area (Å²) in [5, 5.41) is 0. The highest BCUT2D eigenvalue weighted by Gasteiger charge is 2.19. The van der Waals surface area contributed by atoms with Gasteiger partial charge in [-0.25, -0.2) is 0 Å². The third kappa shape index (κ3) is 60.1. The molecule has 0 heterocycles. The lowest BCUT2D eigenvalue weighted by molar-refractivity contribution is -0.167. The largest absolute Gasteiger partial charge is 0.462 e. The lowest BCUT2D eigenvalue weighted by Gasteiger charge is -2.18. The van der Waals surface area contributed by atoms with Crippen molar-refractivity contribution < 1.29 is 28.6 Å². The van der Waals surface area contributed by atoms with Gasteiger partial charge >= 0.3 is 17.9 Å². The number of ether oxygens (including phenoxy) is 3. The zero-order valence-electron chi connectivity index (χ0n) is 48.9. The molecule has 0 spiro atoms. The molecular formula is C67H122O6. The normalized spacial score (nSPS) is 12.3. The van der Waals surface area contributed by atoms with Crippen LogP contribution in [0.2, 0.25) is 0 Å². The van der Waals surface area contributed by atoms with Crippen LogP contribution in [0.4, 0.5) is 0 Å². The van der Waals surface area contributed by atoms with Crippen LogP contribution in [0.15, 0.2) is 48.6 Å². The summed E-state index contributed by atoms with van der Waals surface area (Å²) < 4.78 is 16.8. The number of allylic oxidation sites excluding steroid dienone is 8. The molecule has 0 fully saturated rings. The molecule has 0 rings (SSSR count). The van der Waals surface area contributed by atoms with E-state index in [1.54, 1.807) is 0 Å². The highest BCUT2D eigenvalue weighted by atomic mass is 16.6. The SMILES string of the molecule is CCCCCC/C=C\C/C=C\CCCCCCCC(=O)OC(COC(=O)CCCCCCCC)COC(=O)CCCCCCCCCCCCCCCCCCCCCCC/C=C\C/C=C\CCCCCCC. The van der Waals surface area contributed by atoms with E-state index >= 15 is 0 Å². The van der Waals surface area contributed by atoms with E-state index in [2.05, 4.69) is 69.4 Å². The Bertz CT molecular complexity index is 1270. The number of hydrogen-bond donors (Lipinski definition) is 0. The Labute approximate surface area is 454 Å². The molecule has 6 heteroatoms. The molecule has 0 aromatic rings. The van der Waals surface area contributed by atoms with E-state index in [1.807, 2.05) is 0 Å². The molecule has 0 bridgehead atoms. The van der Waals surface area contributed by atoms with Crippen molar-refractivity contribution >= 4 is 17.9 Å². The maximum Gasteiger partial charge on any atom is 0.306 e. The molecule has 0 aliphatic heterocycles. The standard InChI is InChI=1S/C67H122O6/c1-4-7-10-13-16-18-20-22-24-26-27-28-29-30-31-32-33-34-35-36-37-38-39-40-41-42-44-45-47-49-51-54-57-60-66(69)72-63-64(62-71-65(68)59-56-53-15-12-9-6-3)73-67(70)61-58-55-52-50-48-46-43-25-23-21-19-17-14-11-8-5-2/h19-22,25-27,43,64H,4-18,23-24,28-42,44-63H2,1-3H3/b21-19-,22-20-,27-26-,43-25-. The summed E-state index contributed by atoms with van der Waals surface area (Å²) in [5.74, 6) is -0.883. The second kappa shape index (κ2) is 61.9. The minimum atomic E-state index is -0.775. The molecule has 0 aliphatic rings. The summed E-state index contributed by atoms with van der Waals surface area (Å²) in [4.78, 5) is 37.9. The van der Waals surface area contributed by atoms with Gasteiger partial charge in [-0.15, -0.1) is 0 Å². The lowest BCUT2D eigenvalue weighted by atomic mass is 10.0. The lowest BCUT2D eigenvalue weighted by Crippen LogP contribution is -2.30. The van der Waals surface area contributed by atoms with Crippen LogP contribution in [0.5, 0.6) is 0 Å². The van der Waals surface area contributed by atoms with Gasteiger partial charge in [0.15, 0.2) is 6.10 Å². The predicted octanol–water partition coefficient (Wildman–Crippen LogP) is 21.8. The van der Waals surface area contributed by atoms with Crippen molar-refractivity contribution in [3.8, 4) is 0 Å². The topological polar surface area (TPSA) is 78.9 Å². The van der Waals surface area contributed by atoms with Crippen LogP contribution >= 0.6 is 0 Å². The van der Waals surface area contributed by atoms with Crippen LogP contribution in [0, 0.1) is 0 Å². The monoisotopic (exact) mass is 1020 g/mol. The Balaban J connectivity index is 3.94. The summed E-state index contributed by atoms with van der Waals surface area (Å²) in [7, 11) is 0. The van der Waals surface area contributed by atoms with E-state index < -0.39 is 6.10 Å². The van der Waals surface area contributed by atoms with Gasteiger partial charge in [-0.2, -0.15) is 0 Å². The first-order valence-corrected chi connectivity index (χ1v) is 32.1. The van der Waals surface area contributed by atoms with Gasteiger partial charge in [0.1, 0.15) is 13.2 Å². The van der Waals surface area contributed by atoms with Gasteiger partial charge in [0.25, 0.3) is 0 Å². The zero-order valence-corrected chi connectivity index (χ0v) is 48.9. The summed E-state index contributed by atoms with van der Waals surface area (Å²) in [6.07, 6.45) is 77.4. The third-order valence-electron chi connectivity index (χ3n) is 14.3. The summed E-state index contributed by atoms with van der Waals surface area (Å²) in [6, 6.07) is 0. The molecule has 1 atom stereocenters. The molecule has 0 saturated carbocycles. The molecule has 1 unspecified atom stereocenters. The molecule has 0 N–H and O–H groups in total. The van der Waals surface area contributed by atoms with Crippen LogP contribution in [-0.2, 0) is 28.6 Å². The predicted molar refractivity (Wildman–Crippen MR) is 316 cm³/mol. The maximum absolute atomic E-state index is 12.8. The molecule has 0 saturated heterocycles. The Kier molecular flexibility index (Phi) is 59.7.